The van der Waals surface area contributed by atoms with Crippen molar-refractivity contribution in [2.24, 2.45) is 0 Å². The summed E-state index contributed by atoms with van der Waals surface area (Å²) >= 11 is 5.80. The van der Waals surface area contributed by atoms with Gasteiger partial charge in [0.15, 0.2) is 0 Å². The van der Waals surface area contributed by atoms with Gasteiger partial charge in [0.2, 0.25) is 15.9 Å². The van der Waals surface area contributed by atoms with Gasteiger partial charge in [0.25, 0.3) is 5.91 Å². The monoisotopic (exact) mass is 373 g/mol. The molecule has 2 rings (SSSR count). The highest BCUT2D eigenvalue weighted by molar-refractivity contribution is 7.92. The third-order valence-electron chi connectivity index (χ3n) is 3.65. The molecule has 2 amide bonds. The van der Waals surface area contributed by atoms with Crippen molar-refractivity contribution < 1.29 is 18.0 Å². The number of piperazine rings is 1. The van der Waals surface area contributed by atoms with E-state index in [4.69, 9.17) is 11.6 Å². The molecule has 0 aliphatic carbocycles. The minimum atomic E-state index is -3.35. The highest BCUT2D eigenvalue weighted by atomic mass is 35.5. The summed E-state index contributed by atoms with van der Waals surface area (Å²) in [4.78, 5) is 27.6. The van der Waals surface area contributed by atoms with E-state index in [1.807, 2.05) is 0 Å². The summed E-state index contributed by atoms with van der Waals surface area (Å²) in [7, 11) is -3.35. The average Bonchev–Trinajstić information content (AvgIpc) is 2.53. The Bertz CT molecular complexity index is 711. The van der Waals surface area contributed by atoms with Crippen LogP contribution in [0.4, 0.5) is 5.69 Å². The topological polar surface area (TPSA) is 86.8 Å². The molecule has 0 saturated carbocycles. The zero-order valence-corrected chi connectivity index (χ0v) is 15.1. The summed E-state index contributed by atoms with van der Waals surface area (Å²) in [6, 6.07) is 6.24. The molecule has 0 radical (unpaired) electrons. The lowest BCUT2D eigenvalue weighted by atomic mass is 10.1. The fourth-order valence-corrected chi connectivity index (χ4v) is 3.16. The van der Waals surface area contributed by atoms with Gasteiger partial charge in [-0.25, -0.2) is 8.42 Å². The maximum atomic E-state index is 12.5. The van der Waals surface area contributed by atoms with Crippen molar-refractivity contribution in [3.63, 3.8) is 0 Å². The third kappa shape index (κ3) is 4.85. The number of nitrogens with one attached hydrogen (secondary N) is 1. The number of benzene rings is 1. The molecule has 1 aromatic rings. The van der Waals surface area contributed by atoms with Gasteiger partial charge in [-0.2, -0.15) is 0 Å². The van der Waals surface area contributed by atoms with E-state index in [-0.39, 0.29) is 11.8 Å². The van der Waals surface area contributed by atoms with Gasteiger partial charge in [-0.1, -0.05) is 0 Å². The third-order valence-corrected chi connectivity index (χ3v) is 4.45. The van der Waals surface area contributed by atoms with Gasteiger partial charge in [0.1, 0.15) is 5.38 Å². The number of halogens is 1. The number of anilines is 1. The number of carbonyl (C=O) groups excluding carboxylic acids is 2. The first-order valence-electron chi connectivity index (χ1n) is 7.47. The Labute approximate surface area is 146 Å². The second kappa shape index (κ2) is 7.40. The van der Waals surface area contributed by atoms with Gasteiger partial charge < -0.3 is 9.80 Å². The fourth-order valence-electron chi connectivity index (χ4n) is 2.46. The Hall–Kier alpha value is -1.80. The fraction of sp³-hybridized carbons (Fsp3) is 0.467. The SMILES string of the molecule is CC(Cl)C(=O)N1CCN(C(=O)c2ccc(NS(C)(=O)=O)cc2)CC1. The number of hydrogen-bond acceptors (Lipinski definition) is 4. The van der Waals surface area contributed by atoms with E-state index in [9.17, 15) is 18.0 Å². The smallest absolute Gasteiger partial charge is 0.253 e. The molecular weight excluding hydrogens is 354 g/mol. The molecule has 0 bridgehead atoms. The predicted molar refractivity (Wildman–Crippen MR) is 92.7 cm³/mol. The maximum Gasteiger partial charge on any atom is 0.253 e. The highest BCUT2D eigenvalue weighted by Gasteiger charge is 2.26. The maximum absolute atomic E-state index is 12.5. The van der Waals surface area contributed by atoms with Gasteiger partial charge in [-0.05, 0) is 31.2 Å². The molecule has 1 aliphatic rings. The van der Waals surface area contributed by atoms with Gasteiger partial charge >= 0.3 is 0 Å². The second-order valence-electron chi connectivity index (χ2n) is 5.69. The van der Waals surface area contributed by atoms with Crippen LogP contribution in [-0.4, -0.2) is 67.8 Å². The van der Waals surface area contributed by atoms with Gasteiger partial charge in [0, 0.05) is 37.4 Å². The van der Waals surface area contributed by atoms with Crippen molar-refractivity contribution in [1.29, 1.82) is 0 Å². The first-order valence-corrected chi connectivity index (χ1v) is 9.80. The predicted octanol–water partition coefficient (Wildman–Crippen LogP) is 0.970. The molecule has 0 spiro atoms. The molecule has 9 heteroatoms. The van der Waals surface area contributed by atoms with Crippen LogP contribution in [0.15, 0.2) is 24.3 Å². The normalized spacial score (nSPS) is 16.6. The Morgan fingerprint density at radius 2 is 1.58 bits per heavy atom. The molecule has 24 heavy (non-hydrogen) atoms. The minimum absolute atomic E-state index is 0.125. The molecule has 1 aliphatic heterocycles. The molecule has 0 aromatic heterocycles. The number of hydrogen-bond donors (Lipinski definition) is 1. The van der Waals surface area contributed by atoms with E-state index in [2.05, 4.69) is 4.72 Å². The second-order valence-corrected chi connectivity index (χ2v) is 8.09. The quantitative estimate of drug-likeness (QED) is 0.797. The molecule has 1 fully saturated rings. The van der Waals surface area contributed by atoms with Crippen LogP contribution in [0.1, 0.15) is 17.3 Å². The van der Waals surface area contributed by atoms with Crippen molar-refractivity contribution >= 4 is 39.1 Å². The summed E-state index contributed by atoms with van der Waals surface area (Å²) in [6.07, 6.45) is 1.06. The zero-order chi connectivity index (χ0) is 17.9. The molecule has 7 nitrogen and oxygen atoms in total. The number of alkyl halides is 1. The summed E-state index contributed by atoms with van der Waals surface area (Å²) in [5.74, 6) is -0.271. The number of nitrogens with zero attached hydrogens (tertiary/aromatic N) is 2. The van der Waals surface area contributed by atoms with E-state index in [0.717, 1.165) is 6.26 Å². The Kier molecular flexibility index (Phi) is 5.71. The minimum Gasteiger partial charge on any atom is -0.338 e. The average molecular weight is 374 g/mol. The highest BCUT2D eigenvalue weighted by Crippen LogP contribution is 2.14. The summed E-state index contributed by atoms with van der Waals surface area (Å²) in [5, 5.41) is -0.567. The van der Waals surface area contributed by atoms with E-state index in [1.165, 1.54) is 0 Å². The number of sulfonamides is 1. The number of rotatable bonds is 4. The molecular formula is C15H20ClN3O4S. The van der Waals surface area contributed by atoms with Crippen LogP contribution in [0.25, 0.3) is 0 Å². The first kappa shape index (κ1) is 18.5. The van der Waals surface area contributed by atoms with Gasteiger partial charge in [-0.3, -0.25) is 14.3 Å². The van der Waals surface area contributed by atoms with Crippen LogP contribution >= 0.6 is 11.6 Å². The van der Waals surface area contributed by atoms with Crippen LogP contribution in [0, 0.1) is 0 Å². The van der Waals surface area contributed by atoms with Gasteiger partial charge in [0.05, 0.1) is 6.26 Å². The van der Waals surface area contributed by atoms with Crippen LogP contribution < -0.4 is 4.72 Å². The van der Waals surface area contributed by atoms with Crippen LogP contribution in [0.5, 0.6) is 0 Å². The zero-order valence-electron chi connectivity index (χ0n) is 13.5. The lowest BCUT2D eigenvalue weighted by Gasteiger charge is -2.35. The first-order chi connectivity index (χ1) is 11.2. The van der Waals surface area contributed by atoms with Crippen molar-refractivity contribution in [3.8, 4) is 0 Å². The molecule has 1 saturated heterocycles. The van der Waals surface area contributed by atoms with Gasteiger partial charge in [-0.15, -0.1) is 11.6 Å². The Morgan fingerprint density at radius 1 is 1.08 bits per heavy atom. The summed E-state index contributed by atoms with van der Waals surface area (Å²) in [5.41, 5.74) is 0.875. The molecule has 132 valence electrons. The standard InChI is InChI=1S/C15H20ClN3O4S/c1-11(16)14(20)18-7-9-19(10-8-18)15(21)12-3-5-13(6-4-12)17-24(2,22)23/h3-6,11,17H,7-10H2,1-2H3. The molecule has 1 aromatic carbocycles. The summed E-state index contributed by atoms with van der Waals surface area (Å²) in [6.45, 7) is 3.42. The molecule has 1 N–H and O–H groups in total. The van der Waals surface area contributed by atoms with Crippen LogP contribution in [-0.2, 0) is 14.8 Å². The lowest BCUT2D eigenvalue weighted by molar-refractivity contribution is -0.131. The van der Waals surface area contributed by atoms with Crippen LogP contribution in [0.3, 0.4) is 0 Å². The molecule has 1 atom stereocenters. The van der Waals surface area contributed by atoms with E-state index in [1.54, 1.807) is 41.0 Å². The van der Waals surface area contributed by atoms with Crippen molar-refractivity contribution in [2.75, 3.05) is 37.2 Å². The van der Waals surface area contributed by atoms with E-state index >= 15 is 0 Å². The lowest BCUT2D eigenvalue weighted by Crippen LogP contribution is -2.52. The van der Waals surface area contributed by atoms with Crippen molar-refractivity contribution in [3.05, 3.63) is 29.8 Å². The van der Waals surface area contributed by atoms with Crippen molar-refractivity contribution in [2.45, 2.75) is 12.3 Å². The number of amides is 2. The number of carbonyl (C=O) groups is 2. The Balaban J connectivity index is 1.97. The van der Waals surface area contributed by atoms with Crippen LogP contribution in [0.2, 0.25) is 0 Å². The molecule has 1 unspecified atom stereocenters. The Morgan fingerprint density at radius 3 is 2.04 bits per heavy atom. The van der Waals surface area contributed by atoms with E-state index < -0.39 is 15.4 Å². The van der Waals surface area contributed by atoms with Crippen molar-refractivity contribution in [1.82, 2.24) is 9.80 Å². The van der Waals surface area contributed by atoms with E-state index in [0.29, 0.717) is 37.4 Å². The molecule has 1 heterocycles. The largest absolute Gasteiger partial charge is 0.338 e. The summed E-state index contributed by atoms with van der Waals surface area (Å²) < 4.78 is 24.7.